The fourth-order valence-corrected chi connectivity index (χ4v) is 3.25. The molecule has 0 bridgehead atoms. The first-order chi connectivity index (χ1) is 10.1. The molecule has 0 spiro atoms. The quantitative estimate of drug-likeness (QED) is 0.847. The summed E-state index contributed by atoms with van der Waals surface area (Å²) in [6.07, 6.45) is 1.17. The van der Waals surface area contributed by atoms with Crippen LogP contribution >= 0.6 is 15.9 Å². The zero-order chi connectivity index (χ0) is 15.2. The second kappa shape index (κ2) is 8.28. The number of hydrogen-bond acceptors (Lipinski definition) is 3. The van der Waals surface area contributed by atoms with Gasteiger partial charge in [0.15, 0.2) is 0 Å². The first-order valence-electron chi connectivity index (χ1n) is 7.99. The molecular formula is C17H28BrN3. The molecule has 3 nitrogen and oxygen atoms in total. The van der Waals surface area contributed by atoms with Gasteiger partial charge in [0, 0.05) is 49.3 Å². The summed E-state index contributed by atoms with van der Waals surface area (Å²) in [4.78, 5) is 5.17. The predicted molar refractivity (Wildman–Crippen MR) is 93.7 cm³/mol. The van der Waals surface area contributed by atoms with Crippen molar-refractivity contribution in [2.75, 3.05) is 39.8 Å². The topological polar surface area (TPSA) is 18.5 Å². The number of piperazine rings is 1. The number of rotatable bonds is 6. The lowest BCUT2D eigenvalue weighted by Crippen LogP contribution is -2.49. The third-order valence-electron chi connectivity index (χ3n) is 4.49. The lowest BCUT2D eigenvalue weighted by atomic mass is 10.0. The Bertz CT molecular complexity index is 411. The van der Waals surface area contributed by atoms with Gasteiger partial charge in [-0.2, -0.15) is 0 Å². The van der Waals surface area contributed by atoms with E-state index >= 15 is 0 Å². The van der Waals surface area contributed by atoms with Crippen LogP contribution in [0.15, 0.2) is 28.7 Å². The Morgan fingerprint density at radius 3 is 2.24 bits per heavy atom. The van der Waals surface area contributed by atoms with Gasteiger partial charge < -0.3 is 10.2 Å². The highest BCUT2D eigenvalue weighted by atomic mass is 79.9. The highest BCUT2D eigenvalue weighted by Crippen LogP contribution is 2.20. The van der Waals surface area contributed by atoms with Crippen LogP contribution in [-0.4, -0.2) is 55.6 Å². The molecule has 0 amide bonds. The molecule has 1 aromatic rings. The minimum absolute atomic E-state index is 0.446. The van der Waals surface area contributed by atoms with Crippen LogP contribution < -0.4 is 5.32 Å². The van der Waals surface area contributed by atoms with Crippen LogP contribution in [0.5, 0.6) is 0 Å². The Morgan fingerprint density at radius 2 is 1.71 bits per heavy atom. The zero-order valence-corrected chi connectivity index (χ0v) is 15.1. The van der Waals surface area contributed by atoms with E-state index in [0.717, 1.165) is 4.47 Å². The van der Waals surface area contributed by atoms with Crippen molar-refractivity contribution in [2.45, 2.75) is 32.4 Å². The van der Waals surface area contributed by atoms with Crippen molar-refractivity contribution in [3.8, 4) is 0 Å². The van der Waals surface area contributed by atoms with Crippen LogP contribution in [0.4, 0.5) is 0 Å². The SMILES string of the molecule is CNC(CCN1CCN(C(C)C)CC1)c1ccc(Br)cc1. The summed E-state index contributed by atoms with van der Waals surface area (Å²) in [6, 6.07) is 9.80. The molecule has 4 heteroatoms. The van der Waals surface area contributed by atoms with E-state index in [1.165, 1.54) is 44.7 Å². The third-order valence-corrected chi connectivity index (χ3v) is 5.02. The molecule has 1 atom stereocenters. The molecule has 0 saturated carbocycles. The normalized spacial score (nSPS) is 19.1. The maximum atomic E-state index is 3.50. The summed E-state index contributed by atoms with van der Waals surface area (Å²) in [5, 5.41) is 3.45. The zero-order valence-electron chi connectivity index (χ0n) is 13.5. The molecule has 1 heterocycles. The smallest absolute Gasteiger partial charge is 0.0329 e. The van der Waals surface area contributed by atoms with E-state index in [0.29, 0.717) is 12.1 Å². The highest BCUT2D eigenvalue weighted by Gasteiger charge is 2.19. The molecule has 1 saturated heterocycles. The lowest BCUT2D eigenvalue weighted by Gasteiger charge is -2.37. The summed E-state index contributed by atoms with van der Waals surface area (Å²) in [7, 11) is 2.06. The van der Waals surface area contributed by atoms with Gasteiger partial charge in [0.1, 0.15) is 0 Å². The summed E-state index contributed by atoms with van der Waals surface area (Å²) < 4.78 is 1.14. The fraction of sp³-hybridized carbons (Fsp3) is 0.647. The summed E-state index contributed by atoms with van der Waals surface area (Å²) in [5.74, 6) is 0. The molecule has 21 heavy (non-hydrogen) atoms. The van der Waals surface area contributed by atoms with Crippen molar-refractivity contribution in [3.05, 3.63) is 34.3 Å². The number of benzene rings is 1. The first kappa shape index (κ1) is 16.9. The molecule has 0 aromatic heterocycles. The van der Waals surface area contributed by atoms with Gasteiger partial charge in [0.25, 0.3) is 0 Å². The molecular weight excluding hydrogens is 326 g/mol. The molecule has 1 N–H and O–H groups in total. The average Bonchev–Trinajstić information content (AvgIpc) is 2.50. The summed E-state index contributed by atoms with van der Waals surface area (Å²) in [6.45, 7) is 10.6. The first-order valence-corrected chi connectivity index (χ1v) is 8.78. The van der Waals surface area contributed by atoms with Gasteiger partial charge in [-0.1, -0.05) is 28.1 Å². The molecule has 2 rings (SSSR count). The molecule has 1 aliphatic rings. The lowest BCUT2D eigenvalue weighted by molar-refractivity contribution is 0.105. The van der Waals surface area contributed by atoms with Crippen LogP contribution in [0.3, 0.4) is 0 Å². The van der Waals surface area contributed by atoms with Crippen LogP contribution in [-0.2, 0) is 0 Å². The molecule has 0 aliphatic carbocycles. The fourth-order valence-electron chi connectivity index (χ4n) is 2.99. The van der Waals surface area contributed by atoms with E-state index in [1.54, 1.807) is 0 Å². The maximum Gasteiger partial charge on any atom is 0.0329 e. The highest BCUT2D eigenvalue weighted by molar-refractivity contribution is 9.10. The number of nitrogens with one attached hydrogen (secondary N) is 1. The van der Waals surface area contributed by atoms with Crippen LogP contribution in [0.2, 0.25) is 0 Å². The van der Waals surface area contributed by atoms with Crippen LogP contribution in [0.25, 0.3) is 0 Å². The second-order valence-electron chi connectivity index (χ2n) is 6.15. The molecule has 1 aromatic carbocycles. The van der Waals surface area contributed by atoms with E-state index in [-0.39, 0.29) is 0 Å². The van der Waals surface area contributed by atoms with E-state index in [1.807, 2.05) is 0 Å². The summed E-state index contributed by atoms with van der Waals surface area (Å²) >= 11 is 3.50. The number of halogens is 1. The van der Waals surface area contributed by atoms with E-state index < -0.39 is 0 Å². The van der Waals surface area contributed by atoms with Crippen LogP contribution in [0.1, 0.15) is 31.9 Å². The summed E-state index contributed by atoms with van der Waals surface area (Å²) in [5.41, 5.74) is 1.38. The van der Waals surface area contributed by atoms with Crippen molar-refractivity contribution >= 4 is 15.9 Å². The maximum absolute atomic E-state index is 3.50. The minimum atomic E-state index is 0.446. The van der Waals surface area contributed by atoms with Crippen molar-refractivity contribution in [1.29, 1.82) is 0 Å². The van der Waals surface area contributed by atoms with Gasteiger partial charge in [0.05, 0.1) is 0 Å². The largest absolute Gasteiger partial charge is 0.313 e. The molecule has 118 valence electrons. The van der Waals surface area contributed by atoms with E-state index in [4.69, 9.17) is 0 Å². The molecule has 0 radical (unpaired) electrons. The Kier molecular flexibility index (Phi) is 6.68. The van der Waals surface area contributed by atoms with Crippen molar-refractivity contribution in [1.82, 2.24) is 15.1 Å². The van der Waals surface area contributed by atoms with Crippen molar-refractivity contribution in [2.24, 2.45) is 0 Å². The van der Waals surface area contributed by atoms with Crippen molar-refractivity contribution in [3.63, 3.8) is 0 Å². The van der Waals surface area contributed by atoms with Crippen LogP contribution in [0, 0.1) is 0 Å². The van der Waals surface area contributed by atoms with E-state index in [9.17, 15) is 0 Å². The molecule has 1 aliphatic heterocycles. The molecule has 1 fully saturated rings. The predicted octanol–water partition coefficient (Wildman–Crippen LogP) is 3.13. The third kappa shape index (κ3) is 5.06. The average molecular weight is 354 g/mol. The number of hydrogen-bond donors (Lipinski definition) is 1. The van der Waals surface area contributed by atoms with Gasteiger partial charge in [-0.25, -0.2) is 0 Å². The standard InChI is InChI=1S/C17H28BrN3/c1-14(2)21-12-10-20(11-13-21)9-8-17(19-3)15-4-6-16(18)7-5-15/h4-7,14,17,19H,8-13H2,1-3H3. The van der Waals surface area contributed by atoms with Gasteiger partial charge in [0.2, 0.25) is 0 Å². The second-order valence-corrected chi connectivity index (χ2v) is 7.07. The monoisotopic (exact) mass is 353 g/mol. The Hall–Kier alpha value is -0.420. The molecule has 1 unspecified atom stereocenters. The minimum Gasteiger partial charge on any atom is -0.313 e. The Labute approximate surface area is 137 Å². The Balaban J connectivity index is 1.80. The van der Waals surface area contributed by atoms with Gasteiger partial charge in [-0.05, 0) is 45.0 Å². The Morgan fingerprint density at radius 1 is 1.10 bits per heavy atom. The van der Waals surface area contributed by atoms with Gasteiger partial charge in [-0.3, -0.25) is 4.90 Å². The van der Waals surface area contributed by atoms with Gasteiger partial charge >= 0.3 is 0 Å². The van der Waals surface area contributed by atoms with Gasteiger partial charge in [-0.15, -0.1) is 0 Å². The van der Waals surface area contributed by atoms with Crippen molar-refractivity contribution < 1.29 is 0 Å². The number of nitrogens with zero attached hydrogens (tertiary/aromatic N) is 2. The van der Waals surface area contributed by atoms with E-state index in [2.05, 4.69) is 76.2 Å².